The predicted octanol–water partition coefficient (Wildman–Crippen LogP) is 1.23. The number of hydrogen-bond acceptors (Lipinski definition) is 5. The largest absolute Gasteiger partial charge is 0.469 e. The molecule has 14 heavy (non-hydrogen) atoms. The first-order valence-electron chi connectivity index (χ1n) is 4.35. The fourth-order valence-corrected chi connectivity index (χ4v) is 1.60. The van der Waals surface area contributed by atoms with Crippen molar-refractivity contribution in [2.24, 2.45) is 0 Å². The summed E-state index contributed by atoms with van der Waals surface area (Å²) in [6, 6.07) is 0. The molecule has 1 unspecified atom stereocenters. The molecule has 0 aliphatic rings. The second kappa shape index (κ2) is 7.67. The summed E-state index contributed by atoms with van der Waals surface area (Å²) >= 11 is 1.48. The normalized spacial score (nSPS) is 11.9. The maximum absolute atomic E-state index is 10.8. The van der Waals surface area contributed by atoms with Crippen LogP contribution < -0.4 is 0 Å². The predicted molar refractivity (Wildman–Crippen MR) is 55.2 cm³/mol. The lowest BCUT2D eigenvalue weighted by atomic mass is 10.2. The van der Waals surface area contributed by atoms with E-state index in [-0.39, 0.29) is 17.2 Å². The Morgan fingerprint density at radius 2 is 1.79 bits per heavy atom. The molecule has 0 saturated carbocycles. The Kier molecular flexibility index (Phi) is 7.28. The molecular formula is C9H16O4S. The lowest BCUT2D eigenvalue weighted by Gasteiger charge is -2.08. The van der Waals surface area contributed by atoms with Crippen molar-refractivity contribution in [3.63, 3.8) is 0 Å². The van der Waals surface area contributed by atoms with Gasteiger partial charge in [0.05, 0.1) is 20.0 Å². The van der Waals surface area contributed by atoms with Gasteiger partial charge in [0.2, 0.25) is 0 Å². The third kappa shape index (κ3) is 6.77. The van der Waals surface area contributed by atoms with Crippen molar-refractivity contribution in [1.82, 2.24) is 0 Å². The topological polar surface area (TPSA) is 52.6 Å². The van der Waals surface area contributed by atoms with Crippen LogP contribution in [0.15, 0.2) is 0 Å². The van der Waals surface area contributed by atoms with Gasteiger partial charge in [-0.25, -0.2) is 0 Å². The molecule has 0 aliphatic heterocycles. The van der Waals surface area contributed by atoms with Gasteiger partial charge in [0.1, 0.15) is 0 Å². The maximum Gasteiger partial charge on any atom is 0.315 e. The molecule has 0 aliphatic carbocycles. The van der Waals surface area contributed by atoms with Crippen molar-refractivity contribution in [3.05, 3.63) is 0 Å². The molecule has 0 bridgehead atoms. The van der Waals surface area contributed by atoms with Crippen molar-refractivity contribution >= 4 is 23.7 Å². The van der Waals surface area contributed by atoms with Crippen LogP contribution in [0, 0.1) is 0 Å². The molecule has 4 nitrogen and oxygen atoms in total. The smallest absolute Gasteiger partial charge is 0.315 e. The van der Waals surface area contributed by atoms with Gasteiger partial charge in [0.25, 0.3) is 0 Å². The third-order valence-corrected chi connectivity index (χ3v) is 2.90. The van der Waals surface area contributed by atoms with Gasteiger partial charge < -0.3 is 9.47 Å². The first-order valence-corrected chi connectivity index (χ1v) is 5.40. The number of ether oxygens (including phenoxy) is 2. The Morgan fingerprint density at radius 1 is 1.21 bits per heavy atom. The molecule has 0 aromatic heterocycles. The van der Waals surface area contributed by atoms with Crippen molar-refractivity contribution in [3.8, 4) is 0 Å². The molecule has 1 atom stereocenters. The number of rotatable bonds is 6. The molecule has 0 rings (SSSR count). The number of esters is 2. The average molecular weight is 220 g/mol. The van der Waals surface area contributed by atoms with Crippen LogP contribution in [-0.2, 0) is 19.1 Å². The van der Waals surface area contributed by atoms with Crippen LogP contribution in [0.4, 0.5) is 0 Å². The van der Waals surface area contributed by atoms with Gasteiger partial charge in [-0.15, -0.1) is 11.8 Å². The first kappa shape index (κ1) is 13.3. The number of carbonyl (C=O) groups is 2. The minimum Gasteiger partial charge on any atom is -0.469 e. The summed E-state index contributed by atoms with van der Waals surface area (Å²) in [5.41, 5.74) is 0. The van der Waals surface area contributed by atoms with Crippen LogP contribution in [0.2, 0.25) is 0 Å². The number of hydrogen-bond donors (Lipinski definition) is 0. The van der Waals surface area contributed by atoms with E-state index in [1.165, 1.54) is 26.0 Å². The molecular weight excluding hydrogens is 204 g/mol. The molecule has 0 aromatic carbocycles. The first-order chi connectivity index (χ1) is 6.60. The second-order valence-corrected chi connectivity index (χ2v) is 4.24. The molecule has 82 valence electrons. The fraction of sp³-hybridized carbons (Fsp3) is 0.778. The monoisotopic (exact) mass is 220 g/mol. The van der Waals surface area contributed by atoms with Crippen molar-refractivity contribution < 1.29 is 19.1 Å². The Bertz CT molecular complexity index is 173. The van der Waals surface area contributed by atoms with Gasteiger partial charge >= 0.3 is 11.9 Å². The molecule has 0 fully saturated rings. The van der Waals surface area contributed by atoms with Crippen LogP contribution in [0.3, 0.4) is 0 Å². The van der Waals surface area contributed by atoms with E-state index in [9.17, 15) is 9.59 Å². The highest BCUT2D eigenvalue weighted by Gasteiger charge is 2.09. The van der Waals surface area contributed by atoms with E-state index in [1.54, 1.807) is 0 Å². The van der Waals surface area contributed by atoms with Crippen LogP contribution in [0.5, 0.6) is 0 Å². The lowest BCUT2D eigenvalue weighted by Crippen LogP contribution is -2.09. The van der Waals surface area contributed by atoms with E-state index in [0.29, 0.717) is 18.6 Å². The van der Waals surface area contributed by atoms with Gasteiger partial charge in [0.15, 0.2) is 0 Å². The van der Waals surface area contributed by atoms with Gasteiger partial charge in [-0.3, -0.25) is 9.59 Å². The molecule has 0 amide bonds. The van der Waals surface area contributed by atoms with Crippen molar-refractivity contribution in [1.29, 1.82) is 0 Å². The summed E-state index contributed by atoms with van der Waals surface area (Å²) in [6.07, 6.45) is 1.11. The van der Waals surface area contributed by atoms with E-state index in [0.717, 1.165) is 0 Å². The summed E-state index contributed by atoms with van der Waals surface area (Å²) in [7, 11) is 2.73. The molecule has 0 saturated heterocycles. The Hall–Kier alpha value is -0.710. The fourth-order valence-electron chi connectivity index (χ4n) is 0.776. The summed E-state index contributed by atoms with van der Waals surface area (Å²) in [4.78, 5) is 21.6. The van der Waals surface area contributed by atoms with Gasteiger partial charge in [-0.2, -0.15) is 0 Å². The van der Waals surface area contributed by atoms with E-state index in [1.807, 2.05) is 6.92 Å². The van der Waals surface area contributed by atoms with Gasteiger partial charge in [0, 0.05) is 11.7 Å². The molecule has 0 radical (unpaired) electrons. The molecule has 0 heterocycles. The van der Waals surface area contributed by atoms with Gasteiger partial charge in [-0.1, -0.05) is 6.92 Å². The van der Waals surface area contributed by atoms with E-state index >= 15 is 0 Å². The second-order valence-electron chi connectivity index (χ2n) is 2.81. The van der Waals surface area contributed by atoms with E-state index in [2.05, 4.69) is 9.47 Å². The molecule has 0 spiro atoms. The Balaban J connectivity index is 3.50. The summed E-state index contributed by atoms with van der Waals surface area (Å²) in [5, 5.41) is 0.258. The zero-order valence-electron chi connectivity index (χ0n) is 8.74. The summed E-state index contributed by atoms with van der Waals surface area (Å²) in [6.45, 7) is 1.97. The number of thioether (sulfide) groups is 1. The van der Waals surface area contributed by atoms with Crippen molar-refractivity contribution in [2.75, 3.05) is 20.0 Å². The third-order valence-electron chi connectivity index (χ3n) is 1.70. The quantitative estimate of drug-likeness (QED) is 0.630. The highest BCUT2D eigenvalue weighted by Crippen LogP contribution is 2.15. The maximum atomic E-state index is 10.8. The number of methoxy groups -OCH3 is 2. The van der Waals surface area contributed by atoms with Crippen molar-refractivity contribution in [2.45, 2.75) is 25.0 Å². The van der Waals surface area contributed by atoms with Crippen LogP contribution >= 0.6 is 11.8 Å². The number of carbonyl (C=O) groups excluding carboxylic acids is 2. The van der Waals surface area contributed by atoms with Crippen LogP contribution in [0.25, 0.3) is 0 Å². The minimum absolute atomic E-state index is 0.212. The van der Waals surface area contributed by atoms with E-state index < -0.39 is 0 Å². The molecule has 0 N–H and O–H groups in total. The Morgan fingerprint density at radius 3 is 2.29 bits per heavy atom. The van der Waals surface area contributed by atoms with Crippen LogP contribution in [-0.4, -0.2) is 37.2 Å². The summed E-state index contributed by atoms with van der Waals surface area (Å²) < 4.78 is 9.00. The lowest BCUT2D eigenvalue weighted by molar-refractivity contribution is -0.140. The van der Waals surface area contributed by atoms with Gasteiger partial charge in [-0.05, 0) is 6.42 Å². The standard InChI is InChI=1S/C9H16O4S/c1-7(4-5-8(10)12-2)14-6-9(11)13-3/h7H,4-6H2,1-3H3. The molecule has 5 heteroatoms. The molecule has 0 aromatic rings. The van der Waals surface area contributed by atoms with Crippen LogP contribution in [0.1, 0.15) is 19.8 Å². The SMILES string of the molecule is COC(=O)CCC(C)SCC(=O)OC. The zero-order chi connectivity index (χ0) is 11.0. The minimum atomic E-state index is -0.236. The Labute approximate surface area is 88.3 Å². The zero-order valence-corrected chi connectivity index (χ0v) is 9.56. The average Bonchev–Trinajstić information content (AvgIpc) is 2.22. The highest BCUT2D eigenvalue weighted by atomic mass is 32.2. The summed E-state index contributed by atoms with van der Waals surface area (Å²) in [5.74, 6) is -0.116. The highest BCUT2D eigenvalue weighted by molar-refractivity contribution is 8.00. The van der Waals surface area contributed by atoms with E-state index in [4.69, 9.17) is 0 Å².